The van der Waals surface area contributed by atoms with E-state index in [1.807, 2.05) is 81.4 Å². The molecule has 0 bridgehead atoms. The van der Waals surface area contributed by atoms with Crippen LogP contribution in [0.25, 0.3) is 0 Å². The van der Waals surface area contributed by atoms with Crippen LogP contribution in [0.15, 0.2) is 60.7 Å². The summed E-state index contributed by atoms with van der Waals surface area (Å²) in [6, 6.07) is 16.0. The fourth-order valence-corrected chi connectivity index (χ4v) is 5.06. The highest BCUT2D eigenvalue weighted by atomic mass is 16.6. The molecule has 0 spiro atoms. The molecule has 3 rings (SSSR count). The molecule has 9 heteroatoms. The van der Waals surface area contributed by atoms with E-state index in [0.29, 0.717) is 0 Å². The second kappa shape index (κ2) is 11.3. The second-order valence-corrected chi connectivity index (χ2v) is 12.2. The minimum Gasteiger partial charge on any atom is -0.465 e. The third kappa shape index (κ3) is 6.53. The molecule has 1 fully saturated rings. The normalized spacial score (nSPS) is 21.4. The van der Waals surface area contributed by atoms with Crippen LogP contribution < -0.4 is 5.32 Å². The van der Waals surface area contributed by atoms with Crippen molar-refractivity contribution >= 4 is 18.1 Å². The summed E-state index contributed by atoms with van der Waals surface area (Å²) in [7, 11) is 0. The maximum atomic E-state index is 14.1. The van der Waals surface area contributed by atoms with Gasteiger partial charge in [0, 0.05) is 12.0 Å². The zero-order valence-electron chi connectivity index (χ0n) is 23.8. The van der Waals surface area contributed by atoms with Crippen molar-refractivity contribution in [2.45, 2.75) is 90.9 Å². The monoisotopic (exact) mass is 539 g/mol. The van der Waals surface area contributed by atoms with Crippen molar-refractivity contribution in [1.29, 1.82) is 0 Å². The standard InChI is InChI=1S/C30H41N3O6/c1-28(2,3)30(7)32(19-21-16-12-9-13-17-21)25(35)23(33(30)27(37)38)24(34)22(18-20-14-10-8-11-15-20)31-26(36)39-29(4,5)6/h8-17,22-24,34H,18-19H2,1-7H3,(H,31,36)(H,37,38)/t22-,23?,24?,30?/m0/s1. The van der Waals surface area contributed by atoms with Gasteiger partial charge in [0.1, 0.15) is 23.4 Å². The van der Waals surface area contributed by atoms with Crippen molar-refractivity contribution < 1.29 is 29.3 Å². The number of amides is 3. The van der Waals surface area contributed by atoms with Crippen LogP contribution >= 0.6 is 0 Å². The first kappa shape index (κ1) is 30.0. The van der Waals surface area contributed by atoms with Crippen LogP contribution in [-0.4, -0.2) is 67.6 Å². The number of hydrogen-bond donors (Lipinski definition) is 3. The molecule has 3 unspecified atom stereocenters. The fourth-order valence-electron chi connectivity index (χ4n) is 5.06. The molecule has 2 aromatic rings. The highest BCUT2D eigenvalue weighted by Crippen LogP contribution is 2.46. The van der Waals surface area contributed by atoms with E-state index in [-0.39, 0.29) is 13.0 Å². The Bertz CT molecular complexity index is 1160. The van der Waals surface area contributed by atoms with E-state index in [9.17, 15) is 24.6 Å². The van der Waals surface area contributed by atoms with Crippen molar-refractivity contribution in [3.8, 4) is 0 Å². The average Bonchev–Trinajstić information content (AvgIpc) is 3.06. The smallest absolute Gasteiger partial charge is 0.409 e. The molecule has 1 saturated heterocycles. The Morgan fingerprint density at radius 3 is 1.95 bits per heavy atom. The van der Waals surface area contributed by atoms with E-state index in [2.05, 4.69) is 5.32 Å². The minimum atomic E-state index is -1.57. The summed E-state index contributed by atoms with van der Waals surface area (Å²) < 4.78 is 5.43. The predicted molar refractivity (Wildman–Crippen MR) is 148 cm³/mol. The van der Waals surface area contributed by atoms with Crippen LogP contribution in [0.1, 0.15) is 59.6 Å². The van der Waals surface area contributed by atoms with E-state index in [1.165, 1.54) is 4.90 Å². The number of alkyl carbamates (subject to hydrolysis) is 1. The van der Waals surface area contributed by atoms with E-state index in [4.69, 9.17) is 4.74 Å². The number of benzene rings is 2. The highest BCUT2D eigenvalue weighted by molar-refractivity contribution is 5.91. The molecule has 1 aliphatic heterocycles. The lowest BCUT2D eigenvalue weighted by molar-refractivity contribution is -0.137. The Morgan fingerprint density at radius 1 is 0.974 bits per heavy atom. The summed E-state index contributed by atoms with van der Waals surface area (Å²) in [5, 5.41) is 24.9. The van der Waals surface area contributed by atoms with Gasteiger partial charge in [0.2, 0.25) is 0 Å². The molecule has 9 nitrogen and oxygen atoms in total. The number of nitrogens with zero attached hydrogens (tertiary/aromatic N) is 2. The quantitative estimate of drug-likeness (QED) is 0.472. The third-order valence-electron chi connectivity index (χ3n) is 7.34. The lowest BCUT2D eigenvalue weighted by Crippen LogP contribution is -2.64. The van der Waals surface area contributed by atoms with Gasteiger partial charge in [-0.25, -0.2) is 9.59 Å². The van der Waals surface area contributed by atoms with Crippen LogP contribution in [-0.2, 0) is 22.5 Å². The largest absolute Gasteiger partial charge is 0.465 e. The van der Waals surface area contributed by atoms with Crippen molar-refractivity contribution in [2.75, 3.05) is 0 Å². The Balaban J connectivity index is 2.07. The minimum absolute atomic E-state index is 0.156. The van der Waals surface area contributed by atoms with E-state index in [1.54, 1.807) is 27.7 Å². The zero-order chi connectivity index (χ0) is 29.2. The summed E-state index contributed by atoms with van der Waals surface area (Å²) in [6.45, 7) is 12.6. The fraction of sp³-hybridized carbons (Fsp3) is 0.500. The zero-order valence-corrected chi connectivity index (χ0v) is 23.8. The number of carbonyl (C=O) groups excluding carboxylic acids is 2. The van der Waals surface area contributed by atoms with Crippen molar-refractivity contribution in [1.82, 2.24) is 15.1 Å². The first-order valence-electron chi connectivity index (χ1n) is 13.2. The molecule has 3 N–H and O–H groups in total. The summed E-state index contributed by atoms with van der Waals surface area (Å²) in [5.41, 5.74) is -1.20. The van der Waals surface area contributed by atoms with Crippen LogP contribution in [0.3, 0.4) is 0 Å². The van der Waals surface area contributed by atoms with Crippen molar-refractivity contribution in [3.63, 3.8) is 0 Å². The molecule has 4 atom stereocenters. The first-order chi connectivity index (χ1) is 18.1. The number of nitrogens with one attached hydrogen (secondary N) is 1. The van der Waals surface area contributed by atoms with Gasteiger partial charge in [-0.3, -0.25) is 9.69 Å². The number of carboxylic acid groups (broad SMARTS) is 1. The Hall–Kier alpha value is -3.59. The van der Waals surface area contributed by atoms with Crippen LogP contribution in [0.2, 0.25) is 0 Å². The number of hydrogen-bond acceptors (Lipinski definition) is 5. The summed E-state index contributed by atoms with van der Waals surface area (Å²) in [6.07, 6.45) is -3.52. The molecule has 2 aromatic carbocycles. The number of ether oxygens (including phenoxy) is 1. The number of rotatable bonds is 7. The molecule has 212 valence electrons. The van der Waals surface area contributed by atoms with Gasteiger partial charge in [-0.05, 0) is 45.2 Å². The first-order valence-corrected chi connectivity index (χ1v) is 13.2. The van der Waals surface area contributed by atoms with Gasteiger partial charge in [0.25, 0.3) is 5.91 Å². The van der Waals surface area contributed by atoms with Crippen LogP contribution in [0.4, 0.5) is 9.59 Å². The Labute approximate surface area is 230 Å². The molecular weight excluding hydrogens is 498 g/mol. The molecule has 1 aliphatic rings. The summed E-state index contributed by atoms with van der Waals surface area (Å²) >= 11 is 0. The third-order valence-corrected chi connectivity index (χ3v) is 7.34. The van der Waals surface area contributed by atoms with Gasteiger partial charge >= 0.3 is 12.2 Å². The maximum Gasteiger partial charge on any atom is 0.409 e. The van der Waals surface area contributed by atoms with Crippen LogP contribution in [0, 0.1) is 5.41 Å². The summed E-state index contributed by atoms with van der Waals surface area (Å²) in [4.78, 5) is 42.3. The molecule has 1 heterocycles. The summed E-state index contributed by atoms with van der Waals surface area (Å²) in [5.74, 6) is -0.532. The van der Waals surface area contributed by atoms with E-state index in [0.717, 1.165) is 16.0 Å². The topological polar surface area (TPSA) is 119 Å². The number of aliphatic hydroxyl groups is 1. The molecule has 0 aliphatic carbocycles. The Morgan fingerprint density at radius 2 is 1.49 bits per heavy atom. The second-order valence-electron chi connectivity index (χ2n) is 12.2. The average molecular weight is 540 g/mol. The van der Waals surface area contributed by atoms with Gasteiger partial charge in [-0.2, -0.15) is 0 Å². The van der Waals surface area contributed by atoms with Gasteiger partial charge in [0.15, 0.2) is 0 Å². The lowest BCUT2D eigenvalue weighted by Gasteiger charge is -2.49. The van der Waals surface area contributed by atoms with Gasteiger partial charge in [-0.1, -0.05) is 81.4 Å². The van der Waals surface area contributed by atoms with Crippen LogP contribution in [0.5, 0.6) is 0 Å². The maximum absolute atomic E-state index is 14.1. The Kier molecular flexibility index (Phi) is 8.65. The lowest BCUT2D eigenvalue weighted by atomic mass is 9.79. The van der Waals surface area contributed by atoms with Crippen molar-refractivity contribution in [2.24, 2.45) is 5.41 Å². The van der Waals surface area contributed by atoms with Gasteiger partial charge in [0.05, 0.1) is 6.04 Å². The number of aliphatic hydroxyl groups excluding tert-OH is 1. The SMILES string of the molecule is CC(C)(C)OC(=O)N[C@@H](Cc1ccccc1)C(O)C1C(=O)N(Cc2ccccc2)C(C)(C(C)(C)C)N1C(=O)O. The van der Waals surface area contributed by atoms with Gasteiger partial charge in [-0.15, -0.1) is 0 Å². The molecule has 39 heavy (non-hydrogen) atoms. The highest BCUT2D eigenvalue weighted by Gasteiger charge is 2.63. The molecule has 0 radical (unpaired) electrons. The van der Waals surface area contributed by atoms with Crippen molar-refractivity contribution in [3.05, 3.63) is 71.8 Å². The van der Waals surface area contributed by atoms with E-state index < -0.39 is 53.0 Å². The predicted octanol–water partition coefficient (Wildman–Crippen LogP) is 4.64. The van der Waals surface area contributed by atoms with E-state index >= 15 is 0 Å². The molecular formula is C30H41N3O6. The molecule has 0 aromatic heterocycles. The number of carbonyl (C=O) groups is 3. The van der Waals surface area contributed by atoms with Gasteiger partial charge < -0.3 is 25.2 Å². The molecule has 3 amide bonds. The molecule has 0 saturated carbocycles.